The van der Waals surface area contributed by atoms with E-state index >= 15 is 0 Å². The molecular formula is C54H58N12O8S4. The summed E-state index contributed by atoms with van der Waals surface area (Å²) in [6.45, 7) is 27.0. The number of esters is 1. The topological polar surface area (TPSA) is 242 Å². The molecule has 0 aliphatic heterocycles. The van der Waals surface area contributed by atoms with Crippen LogP contribution in [0.25, 0.3) is 25.6 Å². The number of nitrogens with one attached hydrogen (secondary N) is 3. The van der Waals surface area contributed by atoms with Crippen molar-refractivity contribution >= 4 is 111 Å². The molecule has 4 heterocycles. The van der Waals surface area contributed by atoms with E-state index in [9.17, 15) is 18.5 Å². The average molecular weight is 1130 g/mol. The van der Waals surface area contributed by atoms with Gasteiger partial charge in [0.2, 0.25) is 21.0 Å². The van der Waals surface area contributed by atoms with E-state index in [0.717, 1.165) is 61.5 Å². The van der Waals surface area contributed by atoms with Gasteiger partial charge in [-0.15, -0.1) is 14.6 Å². The van der Waals surface area contributed by atoms with E-state index < -0.39 is 28.0 Å². The molecule has 0 bridgehead atoms. The van der Waals surface area contributed by atoms with Gasteiger partial charge in [-0.2, -0.15) is 30.1 Å². The highest BCUT2D eigenvalue weighted by molar-refractivity contribution is 7.94. The number of hydroxylamine groups is 1. The number of aromatic nitrogens is 5. The molecule has 0 saturated carbocycles. The molecule has 0 unspecified atom stereocenters. The fourth-order valence-corrected chi connectivity index (χ4v) is 12.1. The molecule has 4 aromatic carbocycles. The monoisotopic (exact) mass is 1130 g/mol. The number of fused-ring (bicyclic) bond motifs is 2. The van der Waals surface area contributed by atoms with Gasteiger partial charge in [-0.25, -0.2) is 23.4 Å². The number of carbonyl (C=O) groups excluding carboxylic acids is 1. The first-order chi connectivity index (χ1) is 37.1. The molecule has 0 amide bonds. The van der Waals surface area contributed by atoms with Gasteiger partial charge in [-0.1, -0.05) is 83.8 Å². The number of thiazole rings is 2. The summed E-state index contributed by atoms with van der Waals surface area (Å²) in [5.74, 6) is 0.323. The number of carbonyl (C=O) groups is 1. The Labute approximate surface area is 464 Å². The lowest BCUT2D eigenvalue weighted by molar-refractivity contribution is -0.305. The number of ether oxygens (including phenoxy) is 1. The van der Waals surface area contributed by atoms with Gasteiger partial charge in [0.25, 0.3) is 0 Å². The summed E-state index contributed by atoms with van der Waals surface area (Å²) in [7, 11) is -4.09. The van der Waals surface area contributed by atoms with Crippen molar-refractivity contribution in [1.82, 2.24) is 34.9 Å². The minimum Gasteiger partial charge on any atom is -0.465 e. The van der Waals surface area contributed by atoms with E-state index in [2.05, 4.69) is 52.4 Å². The summed E-state index contributed by atoms with van der Waals surface area (Å²) in [4.78, 5) is 44.8. The summed E-state index contributed by atoms with van der Waals surface area (Å²) < 4.78 is 42.3. The molecule has 0 fully saturated rings. The van der Waals surface area contributed by atoms with Crippen molar-refractivity contribution in [3.63, 3.8) is 0 Å². The number of azo groups is 1. The number of pyridine rings is 1. The van der Waals surface area contributed by atoms with Crippen LogP contribution in [0.1, 0.15) is 84.8 Å². The number of nitriles is 1. The molecule has 8 aromatic rings. The molecule has 0 radical (unpaired) electrons. The largest absolute Gasteiger partial charge is 0.465 e. The van der Waals surface area contributed by atoms with E-state index in [0.29, 0.717) is 66.1 Å². The first kappa shape index (κ1) is 56.9. The van der Waals surface area contributed by atoms with Crippen molar-refractivity contribution in [3.8, 4) is 11.2 Å². The normalized spacial score (nSPS) is 11.9. The molecule has 0 saturated heterocycles. The van der Waals surface area contributed by atoms with Gasteiger partial charge in [0.05, 0.1) is 62.0 Å². The average Bonchev–Trinajstić information content (AvgIpc) is 4.11. The number of hydrogen-bond acceptors (Lipinski definition) is 21. The third-order valence-electron chi connectivity index (χ3n) is 11.8. The van der Waals surface area contributed by atoms with Crippen molar-refractivity contribution in [2.24, 2.45) is 10.2 Å². The van der Waals surface area contributed by atoms with Crippen LogP contribution in [0, 0.1) is 59.8 Å². The smallest absolute Gasteiger partial charge is 0.321 e. The van der Waals surface area contributed by atoms with Crippen LogP contribution < -0.4 is 20.4 Å². The Hall–Kier alpha value is -7.34. The van der Waals surface area contributed by atoms with Gasteiger partial charge in [0.15, 0.2) is 16.8 Å². The first-order valence-corrected chi connectivity index (χ1v) is 28.4. The Kier molecular flexibility index (Phi) is 17.3. The highest BCUT2D eigenvalue weighted by Crippen LogP contribution is 2.46. The van der Waals surface area contributed by atoms with Crippen molar-refractivity contribution in [2.75, 3.05) is 30.0 Å². The number of rotatable bonds is 21. The zero-order chi connectivity index (χ0) is 56.2. The van der Waals surface area contributed by atoms with Crippen LogP contribution in [0.2, 0.25) is 0 Å². The second kappa shape index (κ2) is 23.7. The zero-order valence-electron chi connectivity index (χ0n) is 45.1. The van der Waals surface area contributed by atoms with Crippen molar-refractivity contribution in [1.29, 1.82) is 5.26 Å². The Morgan fingerprint density at radius 1 is 0.846 bits per heavy atom. The van der Waals surface area contributed by atoms with Crippen molar-refractivity contribution in [2.45, 2.75) is 98.3 Å². The quantitative estimate of drug-likeness (QED) is 0.0115. The third kappa shape index (κ3) is 12.6. The Bertz CT molecular complexity index is 3760. The van der Waals surface area contributed by atoms with Crippen LogP contribution in [-0.4, -0.2) is 58.9 Å². The maximum absolute atomic E-state index is 13.4. The molecule has 4 aromatic heterocycles. The van der Waals surface area contributed by atoms with E-state index in [4.69, 9.17) is 54.1 Å². The number of hydrogen-bond donors (Lipinski definition) is 3. The van der Waals surface area contributed by atoms with Gasteiger partial charge in [-0.3, -0.25) is 9.69 Å². The van der Waals surface area contributed by atoms with Crippen molar-refractivity contribution in [3.05, 3.63) is 129 Å². The minimum atomic E-state index is -4.09. The summed E-state index contributed by atoms with van der Waals surface area (Å²) in [5, 5.41) is 30.2. The first-order valence-electron chi connectivity index (χ1n) is 24.5. The molecule has 0 aliphatic carbocycles. The maximum Gasteiger partial charge on any atom is 0.321 e. The minimum absolute atomic E-state index is 0.000762. The Balaban J connectivity index is 1.25. The lowest BCUT2D eigenvalue weighted by Gasteiger charge is -2.27. The van der Waals surface area contributed by atoms with Gasteiger partial charge in [0.1, 0.15) is 29.7 Å². The van der Waals surface area contributed by atoms with Crippen LogP contribution in [-0.2, 0) is 44.1 Å². The molecule has 20 nitrogen and oxygen atoms in total. The molecule has 406 valence electrons. The summed E-state index contributed by atoms with van der Waals surface area (Å²) in [6, 6.07) is 22.8. The molecule has 8 rings (SSSR count). The molecule has 0 aliphatic rings. The van der Waals surface area contributed by atoms with E-state index in [1.807, 2.05) is 98.4 Å². The summed E-state index contributed by atoms with van der Waals surface area (Å²) in [5.41, 5.74) is 12.5. The van der Waals surface area contributed by atoms with Crippen LogP contribution >= 0.6 is 34.7 Å². The zero-order valence-corrected chi connectivity index (χ0v) is 48.4. The number of benzene rings is 4. The predicted molar refractivity (Wildman–Crippen MR) is 304 cm³/mol. The second-order valence-electron chi connectivity index (χ2n) is 19.1. The second-order valence-corrected chi connectivity index (χ2v) is 23.7. The number of anilines is 5. The highest BCUT2D eigenvalue weighted by atomic mass is 32.2. The van der Waals surface area contributed by atoms with Crippen LogP contribution in [0.3, 0.4) is 0 Å². The molecule has 3 N–H and O–H groups in total. The van der Waals surface area contributed by atoms with E-state index in [-0.39, 0.29) is 28.8 Å². The lowest BCUT2D eigenvalue weighted by Crippen LogP contribution is -2.30. The number of nitrogens with zero attached hydrogens (tertiary/aromatic N) is 9. The SMILES string of the molecule is C=C(NOOSc1ccc2nc(-n3nc(C(C)(C)C)c(C#N)c3/N=N/c3c(C)cc(N(c4nc5ccc(S(=O)(=O)NCC(=O)OCC)cc5s4)c4c(C)cc(C)cc4C)nc3Nc3c(C)cc(C)cc3C)sc2c1)OOCC. The molecule has 0 spiro atoms. The van der Waals surface area contributed by atoms with Crippen LogP contribution in [0.4, 0.5) is 39.6 Å². The number of sulfonamides is 1. The Morgan fingerprint density at radius 2 is 1.51 bits per heavy atom. The van der Waals surface area contributed by atoms with Gasteiger partial charge >= 0.3 is 5.97 Å². The van der Waals surface area contributed by atoms with Gasteiger partial charge in [-0.05, 0) is 139 Å². The predicted octanol–water partition coefficient (Wildman–Crippen LogP) is 13.2. The molecule has 78 heavy (non-hydrogen) atoms. The summed E-state index contributed by atoms with van der Waals surface area (Å²) >= 11 is 3.57. The fourth-order valence-electron chi connectivity index (χ4n) is 8.57. The van der Waals surface area contributed by atoms with Crippen LogP contribution in [0.5, 0.6) is 0 Å². The highest BCUT2D eigenvalue weighted by Gasteiger charge is 2.30. The maximum atomic E-state index is 13.4. The summed E-state index contributed by atoms with van der Waals surface area (Å²) in [6.07, 6.45) is 0. The third-order valence-corrected chi connectivity index (χ3v) is 15.8. The van der Waals surface area contributed by atoms with Gasteiger partial charge in [0, 0.05) is 16.0 Å². The lowest BCUT2D eigenvalue weighted by atomic mass is 9.90. The van der Waals surface area contributed by atoms with Crippen molar-refractivity contribution < 1.29 is 37.0 Å². The fraction of sp³-hybridized carbons (Fsp3) is 0.296. The van der Waals surface area contributed by atoms with E-state index in [1.54, 1.807) is 24.6 Å². The van der Waals surface area contributed by atoms with E-state index in [1.165, 1.54) is 34.8 Å². The standard InChI is InChI=1S/C54H58N12O8S4/c1-14-70-45(67)28-56-78(68,69)38-17-19-41-43(26-38)75-52(57-41)65(48-34(8)22-30(4)23-35(48)9)44-24-33(7)47(50(59-44)60-46-31(5)20-29(3)21-32(46)6)61-62-51-39(27-55)49(54(11,12)13)63-66(51)53-58-40-18-16-37(25-42(40)76-53)77-74-73-64-36(10)72-71-15-2/h16-26,56,64H,10,14-15,28H2,1-9,11-13H3,(H,59,60)/b62-61+. The van der Waals surface area contributed by atoms with Crippen LogP contribution in [0.15, 0.2) is 99.2 Å². The molecule has 24 heteroatoms. The Morgan fingerprint density at radius 3 is 2.18 bits per heavy atom. The molecular weight excluding hydrogens is 1070 g/mol. The number of aryl methyl sites for hydroxylation is 7. The molecule has 0 atom stereocenters. The van der Waals surface area contributed by atoms with Gasteiger partial charge < -0.3 is 14.9 Å².